The number of rotatable bonds is 5. The summed E-state index contributed by atoms with van der Waals surface area (Å²) in [5.41, 5.74) is -0.134. The Labute approximate surface area is 151 Å². The lowest BCUT2D eigenvalue weighted by molar-refractivity contribution is -0.149. The third-order valence-corrected chi connectivity index (χ3v) is 4.43. The molecule has 1 unspecified atom stereocenters. The highest BCUT2D eigenvalue weighted by atomic mass is 16.5. The van der Waals surface area contributed by atoms with E-state index in [2.05, 4.69) is 0 Å². The Bertz CT molecular complexity index is 838. The lowest BCUT2D eigenvalue weighted by Gasteiger charge is -2.30. The summed E-state index contributed by atoms with van der Waals surface area (Å²) in [5.74, 6) is -0.0432. The van der Waals surface area contributed by atoms with Crippen molar-refractivity contribution in [2.45, 2.75) is 26.3 Å². The van der Waals surface area contributed by atoms with Crippen molar-refractivity contribution in [1.29, 1.82) is 0 Å². The summed E-state index contributed by atoms with van der Waals surface area (Å²) < 4.78 is 12.2. The molecule has 1 atom stereocenters. The first-order chi connectivity index (χ1) is 12.6. The molecule has 0 spiro atoms. The molecule has 7 heteroatoms. The van der Waals surface area contributed by atoms with E-state index in [1.165, 1.54) is 10.6 Å². The maximum absolute atomic E-state index is 12.7. The number of ether oxygens (including phenoxy) is 1. The molecule has 2 aromatic rings. The first-order valence-corrected chi connectivity index (χ1v) is 8.78. The quantitative estimate of drug-likeness (QED) is 0.763. The fraction of sp³-hybridized carbons (Fsp3) is 0.421. The Morgan fingerprint density at radius 1 is 1.27 bits per heavy atom. The molecule has 1 amide bonds. The van der Waals surface area contributed by atoms with Crippen molar-refractivity contribution >= 4 is 11.9 Å². The van der Waals surface area contributed by atoms with E-state index in [1.54, 1.807) is 42.3 Å². The molecule has 1 fully saturated rings. The summed E-state index contributed by atoms with van der Waals surface area (Å²) in [4.78, 5) is 38.0. The van der Waals surface area contributed by atoms with Crippen LogP contribution in [0.4, 0.5) is 0 Å². The average Bonchev–Trinajstić information content (AvgIpc) is 3.12. The summed E-state index contributed by atoms with van der Waals surface area (Å²) >= 11 is 0. The molecule has 0 radical (unpaired) electrons. The van der Waals surface area contributed by atoms with Crippen LogP contribution in [0.25, 0.3) is 0 Å². The van der Waals surface area contributed by atoms with Crippen LogP contribution in [0.2, 0.25) is 0 Å². The molecule has 0 bridgehead atoms. The van der Waals surface area contributed by atoms with E-state index >= 15 is 0 Å². The molecular formula is C19H22N2O5. The largest absolute Gasteiger partial charge is 0.466 e. The third kappa shape index (κ3) is 4.04. The summed E-state index contributed by atoms with van der Waals surface area (Å²) in [6.07, 6.45) is 3.14. The highest BCUT2D eigenvalue weighted by Crippen LogP contribution is 2.21. The van der Waals surface area contributed by atoms with Crippen LogP contribution in [0.5, 0.6) is 0 Å². The van der Waals surface area contributed by atoms with Crippen LogP contribution >= 0.6 is 0 Å². The van der Waals surface area contributed by atoms with Gasteiger partial charge in [0.2, 0.25) is 0 Å². The van der Waals surface area contributed by atoms with Crippen LogP contribution < -0.4 is 5.56 Å². The second-order valence-electron chi connectivity index (χ2n) is 6.28. The van der Waals surface area contributed by atoms with Gasteiger partial charge in [-0.15, -0.1) is 0 Å². The molecule has 7 nitrogen and oxygen atoms in total. The van der Waals surface area contributed by atoms with Gasteiger partial charge in [-0.05, 0) is 38.0 Å². The second-order valence-corrected chi connectivity index (χ2v) is 6.28. The summed E-state index contributed by atoms with van der Waals surface area (Å²) in [6, 6.07) is 8.21. The normalized spacial score (nSPS) is 17.1. The minimum Gasteiger partial charge on any atom is -0.466 e. The van der Waals surface area contributed by atoms with Gasteiger partial charge in [-0.1, -0.05) is 6.07 Å². The van der Waals surface area contributed by atoms with Gasteiger partial charge in [-0.3, -0.25) is 14.4 Å². The van der Waals surface area contributed by atoms with Gasteiger partial charge in [-0.2, -0.15) is 0 Å². The zero-order chi connectivity index (χ0) is 18.5. The number of carbonyl (C=O) groups is 2. The molecule has 3 rings (SSSR count). The van der Waals surface area contributed by atoms with E-state index in [0.717, 1.165) is 12.8 Å². The van der Waals surface area contributed by atoms with Crippen LogP contribution in [0.15, 0.2) is 45.7 Å². The molecule has 26 heavy (non-hydrogen) atoms. The van der Waals surface area contributed by atoms with Crippen LogP contribution in [0.3, 0.4) is 0 Å². The molecular weight excluding hydrogens is 336 g/mol. The number of aromatic nitrogens is 1. The molecule has 1 saturated heterocycles. The average molecular weight is 358 g/mol. The van der Waals surface area contributed by atoms with Crippen LogP contribution in [0, 0.1) is 5.92 Å². The number of esters is 1. The van der Waals surface area contributed by atoms with Gasteiger partial charge in [0.15, 0.2) is 5.76 Å². The molecule has 138 valence electrons. The Balaban J connectivity index is 1.67. The van der Waals surface area contributed by atoms with Gasteiger partial charge in [0.1, 0.15) is 5.76 Å². The van der Waals surface area contributed by atoms with Gasteiger partial charge in [-0.25, -0.2) is 0 Å². The highest BCUT2D eigenvalue weighted by Gasteiger charge is 2.30. The second kappa shape index (κ2) is 8.03. The maximum Gasteiger partial charge on any atom is 0.310 e. The van der Waals surface area contributed by atoms with Gasteiger partial charge < -0.3 is 18.6 Å². The van der Waals surface area contributed by atoms with Gasteiger partial charge in [0, 0.05) is 25.4 Å². The molecule has 1 aliphatic heterocycles. The number of nitrogens with zero attached hydrogens (tertiary/aromatic N) is 2. The SMILES string of the molecule is CCOC(=O)C1CCCN(C(=O)c2ccc(Cn3ccccc3=O)o2)C1. The zero-order valence-corrected chi connectivity index (χ0v) is 14.7. The first-order valence-electron chi connectivity index (χ1n) is 8.78. The predicted octanol–water partition coefficient (Wildman–Crippen LogP) is 1.90. The smallest absolute Gasteiger partial charge is 0.310 e. The Morgan fingerprint density at radius 3 is 2.88 bits per heavy atom. The Morgan fingerprint density at radius 2 is 2.12 bits per heavy atom. The molecule has 0 N–H and O–H groups in total. The van der Waals surface area contributed by atoms with Crippen LogP contribution in [0.1, 0.15) is 36.1 Å². The molecule has 1 aliphatic rings. The molecule has 0 aromatic carbocycles. The number of pyridine rings is 1. The zero-order valence-electron chi connectivity index (χ0n) is 14.7. The molecule has 2 aromatic heterocycles. The minimum atomic E-state index is -0.287. The van der Waals surface area contributed by atoms with Crippen molar-refractivity contribution in [2.24, 2.45) is 5.92 Å². The predicted molar refractivity (Wildman–Crippen MR) is 93.8 cm³/mol. The number of hydrogen-bond donors (Lipinski definition) is 0. The van der Waals surface area contributed by atoms with E-state index in [0.29, 0.717) is 25.5 Å². The Kier molecular flexibility index (Phi) is 5.55. The van der Waals surface area contributed by atoms with Crippen molar-refractivity contribution in [3.8, 4) is 0 Å². The van der Waals surface area contributed by atoms with Crippen molar-refractivity contribution in [1.82, 2.24) is 9.47 Å². The number of piperidine rings is 1. The van der Waals surface area contributed by atoms with Gasteiger partial charge >= 0.3 is 5.97 Å². The lowest BCUT2D eigenvalue weighted by atomic mass is 9.98. The number of carbonyl (C=O) groups excluding carboxylic acids is 2. The lowest BCUT2D eigenvalue weighted by Crippen LogP contribution is -2.42. The fourth-order valence-corrected chi connectivity index (χ4v) is 3.11. The number of hydrogen-bond acceptors (Lipinski definition) is 5. The molecule has 0 aliphatic carbocycles. The van der Waals surface area contributed by atoms with Crippen LogP contribution in [-0.4, -0.2) is 41.0 Å². The number of furan rings is 1. The van der Waals surface area contributed by atoms with E-state index in [9.17, 15) is 14.4 Å². The Hall–Kier alpha value is -2.83. The first kappa shape index (κ1) is 18.0. The van der Waals surface area contributed by atoms with E-state index in [4.69, 9.17) is 9.15 Å². The number of likely N-dealkylation sites (tertiary alicyclic amines) is 1. The van der Waals surface area contributed by atoms with Crippen LogP contribution in [-0.2, 0) is 16.1 Å². The van der Waals surface area contributed by atoms with Gasteiger partial charge in [0.05, 0.1) is 19.1 Å². The molecule has 3 heterocycles. The summed E-state index contributed by atoms with van der Waals surface area (Å²) in [7, 11) is 0. The maximum atomic E-state index is 12.7. The monoisotopic (exact) mass is 358 g/mol. The highest BCUT2D eigenvalue weighted by molar-refractivity contribution is 5.92. The fourth-order valence-electron chi connectivity index (χ4n) is 3.11. The topological polar surface area (TPSA) is 81.8 Å². The standard InChI is InChI=1S/C19H22N2O5/c1-2-25-19(24)14-6-5-11-21(12-14)18(23)16-9-8-15(26-16)13-20-10-4-3-7-17(20)22/h3-4,7-10,14H,2,5-6,11-13H2,1H3. The van der Waals surface area contributed by atoms with Crippen molar-refractivity contribution in [3.05, 3.63) is 58.4 Å². The molecule has 0 saturated carbocycles. The van der Waals surface area contributed by atoms with Crippen molar-refractivity contribution in [2.75, 3.05) is 19.7 Å². The summed E-state index contributed by atoms with van der Waals surface area (Å²) in [6.45, 7) is 3.29. The third-order valence-electron chi connectivity index (χ3n) is 4.43. The van der Waals surface area contributed by atoms with Crippen molar-refractivity contribution in [3.63, 3.8) is 0 Å². The van der Waals surface area contributed by atoms with Crippen molar-refractivity contribution < 1.29 is 18.7 Å². The minimum absolute atomic E-state index is 0.134. The summed E-state index contributed by atoms with van der Waals surface area (Å²) in [5, 5.41) is 0. The van der Waals surface area contributed by atoms with E-state index < -0.39 is 0 Å². The van der Waals surface area contributed by atoms with E-state index in [1.807, 2.05) is 0 Å². The van der Waals surface area contributed by atoms with Gasteiger partial charge in [0.25, 0.3) is 11.5 Å². The van der Waals surface area contributed by atoms with E-state index in [-0.39, 0.29) is 35.7 Å². The number of amides is 1.